The molecule has 0 aliphatic heterocycles. The van der Waals surface area contributed by atoms with E-state index in [1.807, 2.05) is 0 Å². The minimum absolute atomic E-state index is 0.0362. The van der Waals surface area contributed by atoms with Crippen molar-refractivity contribution in [2.75, 3.05) is 0 Å². The first-order valence-electron chi connectivity index (χ1n) is 7.04. The van der Waals surface area contributed by atoms with Crippen LogP contribution in [0.15, 0.2) is 39.8 Å². The topological polar surface area (TPSA) is 93.3 Å². The molecule has 25 heavy (non-hydrogen) atoms. The Hall–Kier alpha value is -2.46. The predicted octanol–water partition coefficient (Wildman–Crippen LogP) is 3.72. The summed E-state index contributed by atoms with van der Waals surface area (Å²) < 4.78 is 76.0. The average molecular weight is 372 g/mol. The molecule has 1 N–H and O–H groups in total. The number of hydrogen-bond donors (Lipinski definition) is 1. The van der Waals surface area contributed by atoms with Crippen molar-refractivity contribution in [3.05, 3.63) is 41.6 Å². The molecule has 3 rings (SSSR count). The van der Waals surface area contributed by atoms with E-state index in [9.17, 15) is 26.1 Å². The Morgan fingerprint density at radius 2 is 1.96 bits per heavy atom. The number of oxazole rings is 1. The van der Waals surface area contributed by atoms with Crippen LogP contribution in [0.2, 0.25) is 0 Å². The van der Waals surface area contributed by atoms with E-state index in [2.05, 4.69) is 9.97 Å². The van der Waals surface area contributed by atoms with Crippen LogP contribution in [-0.4, -0.2) is 22.9 Å². The number of fused-ring (bicyclic) bond motifs is 1. The second-order valence-corrected chi connectivity index (χ2v) is 6.55. The van der Waals surface area contributed by atoms with Crippen molar-refractivity contribution in [3.63, 3.8) is 0 Å². The quantitative estimate of drug-likeness (QED) is 0.705. The predicted molar refractivity (Wildman–Crippen MR) is 81.4 cm³/mol. The number of benzene rings is 1. The van der Waals surface area contributed by atoms with Crippen LogP contribution in [0.3, 0.4) is 0 Å². The first-order valence-corrected chi connectivity index (χ1v) is 8.49. The van der Waals surface area contributed by atoms with Crippen LogP contribution in [-0.2, 0) is 22.7 Å². The van der Waals surface area contributed by atoms with Gasteiger partial charge in [-0.15, -0.1) is 0 Å². The first-order chi connectivity index (χ1) is 11.6. The van der Waals surface area contributed by atoms with Crippen LogP contribution in [0.1, 0.15) is 18.1 Å². The van der Waals surface area contributed by atoms with E-state index >= 15 is 0 Å². The van der Waals surface area contributed by atoms with E-state index in [0.717, 1.165) is 30.5 Å². The summed E-state index contributed by atoms with van der Waals surface area (Å²) in [5, 5.41) is 0. The van der Waals surface area contributed by atoms with Gasteiger partial charge in [0.25, 0.3) is 10.1 Å². The molecule has 0 saturated heterocycles. The molecule has 0 unspecified atom stereocenters. The molecule has 0 aliphatic carbocycles. The molecule has 0 atom stereocenters. The highest BCUT2D eigenvalue weighted by Crippen LogP contribution is 2.33. The normalized spacial score (nSPS) is 12.7. The molecule has 0 spiro atoms. The number of aromatic nitrogens is 2. The molecule has 2 heterocycles. The fourth-order valence-electron chi connectivity index (χ4n) is 2.45. The fraction of sp³-hybridized carbons (Fsp3) is 0.200. The van der Waals surface area contributed by atoms with E-state index < -0.39 is 21.9 Å². The SMILES string of the molecule is CCc1c(S(=O)(=O)O)ccnc1-c1nc2cc(C(F)(F)F)ccc2o1. The Labute approximate surface area is 140 Å². The Kier molecular flexibility index (Phi) is 4.04. The third-order valence-electron chi connectivity index (χ3n) is 3.56. The lowest BCUT2D eigenvalue weighted by Crippen LogP contribution is -2.05. The van der Waals surface area contributed by atoms with Gasteiger partial charge in [0.15, 0.2) is 5.58 Å². The van der Waals surface area contributed by atoms with Crippen molar-refractivity contribution >= 4 is 21.2 Å². The van der Waals surface area contributed by atoms with Crippen molar-refractivity contribution in [3.8, 4) is 11.6 Å². The lowest BCUT2D eigenvalue weighted by Gasteiger charge is -2.07. The monoisotopic (exact) mass is 372 g/mol. The molecule has 2 aromatic heterocycles. The highest BCUT2D eigenvalue weighted by atomic mass is 32.2. The third-order valence-corrected chi connectivity index (χ3v) is 4.50. The van der Waals surface area contributed by atoms with Gasteiger partial charge < -0.3 is 4.42 Å². The van der Waals surface area contributed by atoms with Crippen molar-refractivity contribution in [1.82, 2.24) is 9.97 Å². The fourth-order valence-corrected chi connectivity index (χ4v) is 3.23. The maximum Gasteiger partial charge on any atom is 0.416 e. The van der Waals surface area contributed by atoms with Gasteiger partial charge in [-0.05, 0) is 30.7 Å². The van der Waals surface area contributed by atoms with Gasteiger partial charge in [-0.1, -0.05) is 6.92 Å². The van der Waals surface area contributed by atoms with Crippen LogP contribution in [0, 0.1) is 0 Å². The first kappa shape index (κ1) is 17.4. The Bertz CT molecular complexity index is 1060. The molecule has 0 aliphatic rings. The molecule has 1 aromatic carbocycles. The van der Waals surface area contributed by atoms with Gasteiger partial charge in [-0.3, -0.25) is 9.54 Å². The van der Waals surface area contributed by atoms with Crippen molar-refractivity contribution in [1.29, 1.82) is 0 Å². The zero-order valence-corrected chi connectivity index (χ0v) is 13.5. The highest BCUT2D eigenvalue weighted by molar-refractivity contribution is 7.85. The minimum atomic E-state index is -4.52. The molecular weight excluding hydrogens is 361 g/mol. The van der Waals surface area contributed by atoms with E-state index in [1.165, 1.54) is 0 Å². The summed E-state index contributed by atoms with van der Waals surface area (Å²) >= 11 is 0. The summed E-state index contributed by atoms with van der Waals surface area (Å²) in [6.07, 6.45) is -3.19. The number of alkyl halides is 3. The lowest BCUT2D eigenvalue weighted by molar-refractivity contribution is -0.137. The number of halogens is 3. The number of hydrogen-bond acceptors (Lipinski definition) is 5. The van der Waals surface area contributed by atoms with Crippen molar-refractivity contribution < 1.29 is 30.6 Å². The zero-order valence-electron chi connectivity index (χ0n) is 12.7. The maximum atomic E-state index is 12.8. The molecule has 0 saturated carbocycles. The highest BCUT2D eigenvalue weighted by Gasteiger charge is 2.31. The molecule has 10 heteroatoms. The Morgan fingerprint density at radius 3 is 2.56 bits per heavy atom. The van der Waals surface area contributed by atoms with Gasteiger partial charge in [0.1, 0.15) is 16.1 Å². The summed E-state index contributed by atoms with van der Waals surface area (Å²) in [5.74, 6) is -0.128. The van der Waals surface area contributed by atoms with Crippen LogP contribution in [0.25, 0.3) is 22.7 Å². The van der Waals surface area contributed by atoms with Gasteiger partial charge in [-0.25, -0.2) is 4.98 Å². The van der Waals surface area contributed by atoms with Gasteiger partial charge >= 0.3 is 6.18 Å². The van der Waals surface area contributed by atoms with Crippen LogP contribution in [0.5, 0.6) is 0 Å². The lowest BCUT2D eigenvalue weighted by atomic mass is 10.1. The van der Waals surface area contributed by atoms with Crippen molar-refractivity contribution in [2.24, 2.45) is 0 Å². The summed E-state index contributed by atoms with van der Waals surface area (Å²) in [4.78, 5) is 7.64. The standard InChI is InChI=1S/C15H11F3N2O4S/c1-2-9-12(25(21,22)23)5-6-19-13(9)14-20-10-7-8(15(16,17)18)3-4-11(10)24-14/h3-7H,2H2,1H3,(H,21,22,23). The van der Waals surface area contributed by atoms with E-state index in [4.69, 9.17) is 4.42 Å². The molecule has 132 valence electrons. The van der Waals surface area contributed by atoms with Gasteiger partial charge in [0.2, 0.25) is 5.89 Å². The zero-order chi connectivity index (χ0) is 18.4. The second kappa shape index (κ2) is 5.81. The molecular formula is C15H11F3N2O4S. The van der Waals surface area contributed by atoms with E-state index in [0.29, 0.717) is 0 Å². The molecule has 6 nitrogen and oxygen atoms in total. The Balaban J connectivity index is 2.20. The van der Waals surface area contributed by atoms with E-state index in [-0.39, 0.29) is 39.6 Å². The number of rotatable bonds is 3. The average Bonchev–Trinajstić information content (AvgIpc) is 2.95. The molecule has 3 aromatic rings. The van der Waals surface area contributed by atoms with Crippen LogP contribution < -0.4 is 0 Å². The summed E-state index contributed by atoms with van der Waals surface area (Å²) in [6, 6.07) is 3.95. The smallest absolute Gasteiger partial charge is 0.416 e. The maximum absolute atomic E-state index is 12.8. The van der Waals surface area contributed by atoms with Crippen LogP contribution in [0.4, 0.5) is 13.2 Å². The summed E-state index contributed by atoms with van der Waals surface area (Å²) in [5.41, 5.74) is -0.611. The summed E-state index contributed by atoms with van der Waals surface area (Å²) in [6.45, 7) is 1.64. The van der Waals surface area contributed by atoms with Gasteiger partial charge in [0.05, 0.1) is 5.56 Å². The van der Waals surface area contributed by atoms with E-state index in [1.54, 1.807) is 6.92 Å². The molecule has 0 radical (unpaired) electrons. The second-order valence-electron chi connectivity index (χ2n) is 5.16. The Morgan fingerprint density at radius 1 is 1.24 bits per heavy atom. The number of pyridine rings is 1. The molecule has 0 fully saturated rings. The number of nitrogens with zero attached hydrogens (tertiary/aromatic N) is 2. The molecule has 0 amide bonds. The van der Waals surface area contributed by atoms with Gasteiger partial charge in [-0.2, -0.15) is 21.6 Å². The van der Waals surface area contributed by atoms with Crippen molar-refractivity contribution in [2.45, 2.75) is 24.4 Å². The molecule has 0 bridgehead atoms. The minimum Gasteiger partial charge on any atom is -0.435 e. The largest absolute Gasteiger partial charge is 0.435 e. The summed E-state index contributed by atoms with van der Waals surface area (Å²) in [7, 11) is -4.49. The third kappa shape index (κ3) is 3.22. The van der Waals surface area contributed by atoms with Gasteiger partial charge in [0, 0.05) is 11.8 Å². The van der Waals surface area contributed by atoms with Crippen LogP contribution >= 0.6 is 0 Å².